The topological polar surface area (TPSA) is 105 Å². The number of carbonyl (C=O) groups is 1. The van der Waals surface area contributed by atoms with Crippen molar-refractivity contribution in [3.05, 3.63) is 24.1 Å². The molecule has 2 aliphatic heterocycles. The average Bonchev–Trinajstić information content (AvgIpc) is 3.57. The van der Waals surface area contributed by atoms with Gasteiger partial charge >= 0.3 is 11.5 Å². The molecule has 2 aromatic heterocycles. The van der Waals surface area contributed by atoms with Gasteiger partial charge in [-0.1, -0.05) is 17.3 Å². The number of halogens is 3. The highest BCUT2D eigenvalue weighted by Gasteiger charge is 2.35. The molecule has 9 nitrogen and oxygen atoms in total. The van der Waals surface area contributed by atoms with Gasteiger partial charge in [0.2, 0.25) is 5.82 Å². The molecule has 4 heterocycles. The van der Waals surface area contributed by atoms with Crippen LogP contribution in [0.5, 0.6) is 0 Å². The predicted molar refractivity (Wildman–Crippen MR) is 136 cm³/mol. The molecule has 2 aliphatic rings. The molecule has 0 bridgehead atoms. The number of thioether (sulfide) groups is 1. The molecular weight excluding hydrogens is 529 g/mol. The fraction of sp³-hybridized carbons (Fsp3) is 0.522. The Morgan fingerprint density at radius 2 is 2.22 bits per heavy atom. The molecule has 200 valence electrons. The quantitative estimate of drug-likeness (QED) is 0.339. The lowest BCUT2D eigenvalue weighted by molar-refractivity contribution is -0.0327. The van der Waals surface area contributed by atoms with E-state index in [-0.39, 0.29) is 51.9 Å². The zero-order valence-electron chi connectivity index (χ0n) is 20.2. The summed E-state index contributed by atoms with van der Waals surface area (Å²) < 4.78 is 52.0. The number of fused-ring (bicyclic) bond motifs is 1. The first-order valence-corrected chi connectivity index (χ1v) is 13.5. The number of amides is 2. The van der Waals surface area contributed by atoms with Gasteiger partial charge in [0.1, 0.15) is 6.04 Å². The van der Waals surface area contributed by atoms with E-state index >= 15 is 0 Å². The minimum Gasteiger partial charge on any atom is -0.383 e. The number of likely N-dealkylation sites (tertiary alicyclic amines) is 1. The second-order valence-electron chi connectivity index (χ2n) is 9.10. The number of alkyl halides is 3. The van der Waals surface area contributed by atoms with Gasteiger partial charge in [-0.2, -0.15) is 18.2 Å². The van der Waals surface area contributed by atoms with Crippen molar-refractivity contribution in [1.29, 1.82) is 0 Å². The summed E-state index contributed by atoms with van der Waals surface area (Å²) in [4.78, 5) is 18.5. The van der Waals surface area contributed by atoms with Gasteiger partial charge in [0.15, 0.2) is 0 Å². The van der Waals surface area contributed by atoms with Gasteiger partial charge in [0.25, 0.3) is 5.89 Å². The molecule has 3 atom stereocenters. The number of thiophene rings is 1. The van der Waals surface area contributed by atoms with Crippen molar-refractivity contribution in [2.45, 2.75) is 48.3 Å². The second kappa shape index (κ2) is 10.7. The Morgan fingerprint density at radius 3 is 2.92 bits per heavy atom. The van der Waals surface area contributed by atoms with E-state index in [1.807, 2.05) is 6.07 Å². The van der Waals surface area contributed by atoms with E-state index in [0.717, 1.165) is 31.6 Å². The Balaban J connectivity index is 1.44. The maximum atomic E-state index is 13.6. The number of nitrogens with zero attached hydrogens (tertiary/aromatic N) is 3. The molecule has 0 spiro atoms. The lowest BCUT2D eigenvalue weighted by Crippen LogP contribution is -2.46. The van der Waals surface area contributed by atoms with Crippen molar-refractivity contribution in [2.75, 3.05) is 38.7 Å². The molecular formula is C23H27F3N6O3S2. The summed E-state index contributed by atoms with van der Waals surface area (Å²) in [7, 11) is 1.69. The Bertz CT molecular complexity index is 1270. The van der Waals surface area contributed by atoms with Crippen molar-refractivity contribution in [3.63, 3.8) is 0 Å². The molecule has 0 aliphatic carbocycles. The number of hydrogen-bond acceptors (Lipinski definition) is 9. The molecule has 5 rings (SSSR count). The van der Waals surface area contributed by atoms with Crippen molar-refractivity contribution in [2.24, 2.45) is 0 Å². The van der Waals surface area contributed by atoms with Gasteiger partial charge in [-0.15, -0.1) is 11.3 Å². The van der Waals surface area contributed by atoms with Crippen molar-refractivity contribution < 1.29 is 27.2 Å². The maximum Gasteiger partial charge on any atom is 0.446 e. The van der Waals surface area contributed by atoms with Crippen LogP contribution in [0.4, 0.5) is 23.7 Å². The zero-order valence-corrected chi connectivity index (χ0v) is 21.9. The molecule has 14 heteroatoms. The molecule has 3 aromatic rings. The highest BCUT2D eigenvalue weighted by Crippen LogP contribution is 2.50. The number of carbonyl (C=O) groups excluding carboxylic acids is 1. The van der Waals surface area contributed by atoms with Crippen molar-refractivity contribution in [3.8, 4) is 10.7 Å². The molecule has 0 unspecified atom stereocenters. The number of methoxy groups -OCH3 is 1. The van der Waals surface area contributed by atoms with Crippen LogP contribution in [0.2, 0.25) is 0 Å². The first kappa shape index (κ1) is 26.1. The first-order chi connectivity index (χ1) is 17.7. The van der Waals surface area contributed by atoms with Crippen LogP contribution in [-0.2, 0) is 4.74 Å². The van der Waals surface area contributed by atoms with E-state index in [9.17, 15) is 18.0 Å². The summed E-state index contributed by atoms with van der Waals surface area (Å²) in [5, 5.41) is 13.3. The van der Waals surface area contributed by atoms with Gasteiger partial charge in [0, 0.05) is 49.1 Å². The monoisotopic (exact) mass is 556 g/mol. The molecule has 37 heavy (non-hydrogen) atoms. The molecule has 0 saturated carbocycles. The Hall–Kier alpha value is -2.55. The number of nitrogens with one attached hydrogen (secondary N) is 3. The number of rotatable bonds is 8. The standard InChI is InChI=1S/C23H27F3N6O3S2/c1-12-10-13(6-7-32(12)8-9-34-2)28-15-5-3-4-14-17(15)36-19(18(14)37-23(24,25)26)20-30-21(35-31-20)16-11-27-22(33)29-16/h3-5,12-13,16,28H,6-11H2,1-2H3,(H2,27,29,33)/t12-,13-,16+/m0/s1. The SMILES string of the molecule is COCCN1CC[C@H](Nc2cccc3c(SC(F)(F)F)c(-c4noc([C@H]5CNC(=O)N5)n4)sc23)C[C@@H]1C. The number of aromatic nitrogens is 2. The number of urea groups is 1. The predicted octanol–water partition coefficient (Wildman–Crippen LogP) is 4.83. The van der Waals surface area contributed by atoms with Crippen LogP contribution in [0.25, 0.3) is 20.8 Å². The Labute approximate surface area is 219 Å². The highest BCUT2D eigenvalue weighted by molar-refractivity contribution is 8.00. The third-order valence-electron chi connectivity index (χ3n) is 6.56. The maximum absolute atomic E-state index is 13.6. The average molecular weight is 557 g/mol. The summed E-state index contributed by atoms with van der Waals surface area (Å²) in [6.07, 6.45) is 1.83. The zero-order chi connectivity index (χ0) is 26.2. The van der Waals surface area contributed by atoms with Gasteiger partial charge in [0.05, 0.1) is 21.9 Å². The summed E-state index contributed by atoms with van der Waals surface area (Å²) in [5.41, 5.74) is -3.71. The third kappa shape index (κ3) is 5.81. The molecule has 1 aromatic carbocycles. The van der Waals surface area contributed by atoms with E-state index in [1.54, 1.807) is 19.2 Å². The Morgan fingerprint density at radius 1 is 1.38 bits per heavy atom. The smallest absolute Gasteiger partial charge is 0.383 e. The largest absolute Gasteiger partial charge is 0.446 e. The van der Waals surface area contributed by atoms with E-state index in [2.05, 4.69) is 37.9 Å². The highest BCUT2D eigenvalue weighted by atomic mass is 32.2. The van der Waals surface area contributed by atoms with Crippen LogP contribution in [-0.4, -0.2) is 72.0 Å². The van der Waals surface area contributed by atoms with Crippen molar-refractivity contribution >= 4 is 44.9 Å². The molecule has 2 amide bonds. The van der Waals surface area contributed by atoms with E-state index in [4.69, 9.17) is 9.26 Å². The fourth-order valence-corrected chi connectivity index (χ4v) is 6.87. The summed E-state index contributed by atoms with van der Waals surface area (Å²) in [5.74, 6) is 0.205. The summed E-state index contributed by atoms with van der Waals surface area (Å²) >= 11 is 1.03. The van der Waals surface area contributed by atoms with Crippen LogP contribution in [0.1, 0.15) is 31.7 Å². The number of hydrogen-bond donors (Lipinski definition) is 3. The van der Waals surface area contributed by atoms with E-state index in [1.165, 1.54) is 11.3 Å². The van der Waals surface area contributed by atoms with Gasteiger partial charge in [-0.05, 0) is 37.6 Å². The number of ether oxygens (including phenoxy) is 1. The van der Waals surface area contributed by atoms with Gasteiger partial charge < -0.3 is 25.2 Å². The number of anilines is 1. The van der Waals surface area contributed by atoms with Crippen molar-refractivity contribution in [1.82, 2.24) is 25.7 Å². The van der Waals surface area contributed by atoms with Crippen LogP contribution in [0.3, 0.4) is 0 Å². The van der Waals surface area contributed by atoms with Crippen LogP contribution in [0, 0.1) is 0 Å². The second-order valence-corrected chi connectivity index (χ2v) is 11.2. The molecule has 3 N–H and O–H groups in total. The van der Waals surface area contributed by atoms with Gasteiger partial charge in [-0.3, -0.25) is 4.90 Å². The lowest BCUT2D eigenvalue weighted by atomic mass is 9.98. The lowest BCUT2D eigenvalue weighted by Gasteiger charge is -2.38. The van der Waals surface area contributed by atoms with Crippen LogP contribution < -0.4 is 16.0 Å². The Kier molecular flexibility index (Phi) is 7.52. The molecule has 0 radical (unpaired) electrons. The summed E-state index contributed by atoms with van der Waals surface area (Å²) in [6.45, 7) is 4.91. The van der Waals surface area contributed by atoms with Gasteiger partial charge in [-0.25, -0.2) is 4.79 Å². The number of benzene rings is 1. The molecule has 2 saturated heterocycles. The molecule has 2 fully saturated rings. The normalized spacial score (nSPS) is 22.8. The fourth-order valence-electron chi connectivity index (χ4n) is 4.76. The minimum atomic E-state index is -4.49. The van der Waals surface area contributed by atoms with Crippen LogP contribution in [0.15, 0.2) is 27.6 Å². The first-order valence-electron chi connectivity index (χ1n) is 11.9. The van der Waals surface area contributed by atoms with E-state index < -0.39 is 11.6 Å². The number of piperidine rings is 1. The third-order valence-corrected chi connectivity index (χ3v) is 8.78. The van der Waals surface area contributed by atoms with E-state index in [0.29, 0.717) is 22.7 Å². The van der Waals surface area contributed by atoms with Crippen LogP contribution >= 0.6 is 23.1 Å². The summed E-state index contributed by atoms with van der Waals surface area (Å²) in [6, 6.07) is 5.00. The minimum absolute atomic E-state index is 0.0415.